The molecule has 1 unspecified atom stereocenters. The molecule has 0 aliphatic carbocycles. The first-order chi connectivity index (χ1) is 7.86. The molecule has 0 saturated heterocycles. The summed E-state index contributed by atoms with van der Waals surface area (Å²) in [7, 11) is 1.93. The van der Waals surface area contributed by atoms with Crippen molar-refractivity contribution in [1.29, 1.82) is 0 Å². The van der Waals surface area contributed by atoms with Crippen molar-refractivity contribution in [1.82, 2.24) is 5.32 Å². The van der Waals surface area contributed by atoms with Gasteiger partial charge in [-0.3, -0.25) is 0 Å². The normalized spacial score (nSPS) is 13.1. The summed E-state index contributed by atoms with van der Waals surface area (Å²) in [4.78, 5) is 0. The Morgan fingerprint density at radius 1 is 1.38 bits per heavy atom. The lowest BCUT2D eigenvalue weighted by Crippen LogP contribution is -2.16. The van der Waals surface area contributed by atoms with Crippen LogP contribution in [0.2, 0.25) is 0 Å². The van der Waals surface area contributed by atoms with Gasteiger partial charge < -0.3 is 14.8 Å². The highest BCUT2D eigenvalue weighted by molar-refractivity contribution is 5.81. The maximum Gasteiger partial charge on any atom is 0.134 e. The predicted octanol–water partition coefficient (Wildman–Crippen LogP) is 2.47. The number of furan rings is 1. The number of nitrogens with one attached hydrogen (secondary N) is 1. The van der Waals surface area contributed by atoms with Crippen LogP contribution in [-0.4, -0.2) is 18.8 Å². The van der Waals surface area contributed by atoms with Crippen molar-refractivity contribution < 1.29 is 9.52 Å². The standard InChI is InChI=1S/C13H17NO2/c1-14-12(6-4-8-15)11-9-16-13-7-3-2-5-10(11)13/h2-3,5,7,9,12,14-15H,4,6,8H2,1H3. The Labute approximate surface area is 95.1 Å². The van der Waals surface area contributed by atoms with Crippen molar-refractivity contribution in [3.63, 3.8) is 0 Å². The minimum atomic E-state index is 0.230. The average Bonchev–Trinajstić information content (AvgIpc) is 2.75. The van der Waals surface area contributed by atoms with Crippen molar-refractivity contribution in [3.8, 4) is 0 Å². The Morgan fingerprint density at radius 2 is 2.19 bits per heavy atom. The topological polar surface area (TPSA) is 45.4 Å². The molecule has 86 valence electrons. The van der Waals surface area contributed by atoms with Crippen LogP contribution in [0.5, 0.6) is 0 Å². The Kier molecular flexibility index (Phi) is 3.59. The lowest BCUT2D eigenvalue weighted by Gasteiger charge is -2.13. The summed E-state index contributed by atoms with van der Waals surface area (Å²) in [6, 6.07) is 8.27. The maximum absolute atomic E-state index is 8.87. The summed E-state index contributed by atoms with van der Waals surface area (Å²) >= 11 is 0. The molecule has 3 nitrogen and oxygen atoms in total. The molecule has 0 aliphatic rings. The van der Waals surface area contributed by atoms with E-state index in [1.54, 1.807) is 0 Å². The van der Waals surface area contributed by atoms with Gasteiger partial charge in [0.15, 0.2) is 0 Å². The van der Waals surface area contributed by atoms with Crippen molar-refractivity contribution in [2.45, 2.75) is 18.9 Å². The SMILES string of the molecule is CNC(CCCO)c1coc2ccccc12. The lowest BCUT2D eigenvalue weighted by molar-refractivity contribution is 0.276. The molecule has 2 N–H and O–H groups in total. The highest BCUT2D eigenvalue weighted by Crippen LogP contribution is 2.28. The van der Waals surface area contributed by atoms with E-state index in [1.165, 1.54) is 5.56 Å². The molecule has 2 rings (SSSR count). The molecule has 0 bridgehead atoms. The van der Waals surface area contributed by atoms with Gasteiger partial charge in [-0.1, -0.05) is 18.2 Å². The molecule has 0 spiro atoms. The van der Waals surface area contributed by atoms with Gasteiger partial charge in [-0.2, -0.15) is 0 Å². The fraction of sp³-hybridized carbons (Fsp3) is 0.385. The zero-order valence-corrected chi connectivity index (χ0v) is 9.44. The van der Waals surface area contributed by atoms with Crippen LogP contribution in [0.1, 0.15) is 24.4 Å². The quantitative estimate of drug-likeness (QED) is 0.812. The molecule has 0 fully saturated rings. The number of hydrogen-bond acceptors (Lipinski definition) is 3. The van der Waals surface area contributed by atoms with Crippen LogP contribution in [0.15, 0.2) is 34.9 Å². The Morgan fingerprint density at radius 3 is 2.94 bits per heavy atom. The molecular weight excluding hydrogens is 202 g/mol. The summed E-state index contributed by atoms with van der Waals surface area (Å²) in [5.74, 6) is 0. The fourth-order valence-corrected chi connectivity index (χ4v) is 2.02. The molecule has 1 heterocycles. The van der Waals surface area contributed by atoms with Gasteiger partial charge in [0.2, 0.25) is 0 Å². The predicted molar refractivity (Wildman–Crippen MR) is 64.3 cm³/mol. The number of aliphatic hydroxyl groups is 1. The van der Waals surface area contributed by atoms with Crippen molar-refractivity contribution in [3.05, 3.63) is 36.1 Å². The molecule has 1 atom stereocenters. The molecule has 0 aliphatic heterocycles. The largest absolute Gasteiger partial charge is 0.464 e. The number of aliphatic hydroxyl groups excluding tert-OH is 1. The second-order valence-corrected chi connectivity index (χ2v) is 3.89. The highest BCUT2D eigenvalue weighted by Gasteiger charge is 2.14. The molecule has 16 heavy (non-hydrogen) atoms. The second-order valence-electron chi connectivity index (χ2n) is 3.89. The first-order valence-electron chi connectivity index (χ1n) is 5.61. The Bertz CT molecular complexity index is 450. The second kappa shape index (κ2) is 5.14. The maximum atomic E-state index is 8.87. The third-order valence-corrected chi connectivity index (χ3v) is 2.89. The zero-order valence-electron chi connectivity index (χ0n) is 9.44. The van der Waals surface area contributed by atoms with E-state index in [9.17, 15) is 0 Å². The lowest BCUT2D eigenvalue weighted by atomic mass is 10.0. The molecule has 2 aromatic rings. The van der Waals surface area contributed by atoms with Gasteiger partial charge in [-0.25, -0.2) is 0 Å². The van der Waals surface area contributed by atoms with E-state index >= 15 is 0 Å². The van der Waals surface area contributed by atoms with Crippen molar-refractivity contribution >= 4 is 11.0 Å². The average molecular weight is 219 g/mol. The van der Waals surface area contributed by atoms with Crippen molar-refractivity contribution in [2.24, 2.45) is 0 Å². The minimum Gasteiger partial charge on any atom is -0.464 e. The fourth-order valence-electron chi connectivity index (χ4n) is 2.02. The first-order valence-corrected chi connectivity index (χ1v) is 5.61. The first kappa shape index (κ1) is 11.2. The molecule has 0 amide bonds. The molecule has 1 aromatic heterocycles. The van der Waals surface area contributed by atoms with Gasteiger partial charge in [0.1, 0.15) is 5.58 Å². The third-order valence-electron chi connectivity index (χ3n) is 2.89. The monoisotopic (exact) mass is 219 g/mol. The minimum absolute atomic E-state index is 0.230. The van der Waals surface area contributed by atoms with Crippen LogP contribution in [0.4, 0.5) is 0 Å². The van der Waals surface area contributed by atoms with Crippen LogP contribution in [0.25, 0.3) is 11.0 Å². The molecule has 0 saturated carbocycles. The van der Waals surface area contributed by atoms with Gasteiger partial charge in [0.25, 0.3) is 0 Å². The van der Waals surface area contributed by atoms with Crippen molar-refractivity contribution in [2.75, 3.05) is 13.7 Å². The van der Waals surface area contributed by atoms with E-state index in [0.29, 0.717) is 0 Å². The Hall–Kier alpha value is -1.32. The zero-order chi connectivity index (χ0) is 11.4. The summed E-state index contributed by atoms with van der Waals surface area (Å²) in [5, 5.41) is 13.3. The van der Waals surface area contributed by atoms with Gasteiger partial charge in [0, 0.05) is 23.6 Å². The third kappa shape index (κ3) is 2.10. The van der Waals surface area contributed by atoms with Crippen LogP contribution in [0, 0.1) is 0 Å². The smallest absolute Gasteiger partial charge is 0.134 e. The van der Waals surface area contributed by atoms with E-state index < -0.39 is 0 Å². The summed E-state index contributed by atoms with van der Waals surface area (Å²) in [6.07, 6.45) is 3.52. The van der Waals surface area contributed by atoms with Gasteiger partial charge in [-0.05, 0) is 26.0 Å². The van der Waals surface area contributed by atoms with E-state index in [2.05, 4.69) is 11.4 Å². The van der Waals surface area contributed by atoms with E-state index in [0.717, 1.165) is 23.8 Å². The van der Waals surface area contributed by atoms with Gasteiger partial charge >= 0.3 is 0 Å². The number of hydrogen-bond donors (Lipinski definition) is 2. The number of rotatable bonds is 5. The van der Waals surface area contributed by atoms with E-state index in [-0.39, 0.29) is 12.6 Å². The number of benzene rings is 1. The van der Waals surface area contributed by atoms with Gasteiger partial charge in [-0.15, -0.1) is 0 Å². The number of fused-ring (bicyclic) bond motifs is 1. The summed E-state index contributed by atoms with van der Waals surface area (Å²) in [5.41, 5.74) is 2.09. The molecule has 1 aromatic carbocycles. The molecule has 3 heteroatoms. The van der Waals surface area contributed by atoms with Crippen LogP contribution >= 0.6 is 0 Å². The number of para-hydroxylation sites is 1. The summed E-state index contributed by atoms with van der Waals surface area (Å²) < 4.78 is 5.51. The van der Waals surface area contributed by atoms with Crippen LogP contribution in [0.3, 0.4) is 0 Å². The summed E-state index contributed by atoms with van der Waals surface area (Å²) in [6.45, 7) is 0.230. The Balaban J connectivity index is 2.30. The van der Waals surface area contributed by atoms with Gasteiger partial charge in [0.05, 0.1) is 6.26 Å². The molecule has 0 radical (unpaired) electrons. The van der Waals surface area contributed by atoms with Crippen LogP contribution < -0.4 is 5.32 Å². The van der Waals surface area contributed by atoms with E-state index in [4.69, 9.17) is 9.52 Å². The van der Waals surface area contributed by atoms with Crippen LogP contribution in [-0.2, 0) is 0 Å². The molecular formula is C13H17NO2. The highest BCUT2D eigenvalue weighted by atomic mass is 16.3. The van der Waals surface area contributed by atoms with E-state index in [1.807, 2.05) is 31.5 Å².